The van der Waals surface area contributed by atoms with Gasteiger partial charge < -0.3 is 29.4 Å². The van der Waals surface area contributed by atoms with Crippen molar-refractivity contribution in [2.75, 3.05) is 18.5 Å². The topological polar surface area (TPSA) is 168 Å². The standard InChI is InChI=1S/C26H30FN4O8P/c1-5-26(27)20(32)19(38-24(26)31-12-11-18-21(31)29-25(28)30-22(18)33)13-36-40(35,39-17-9-7-6-8-10-17)14-16(4)23(34)37-15(2)3/h1,6-12,15-16,19-20,24,32H,13-14H2,2-4H3,(H3,28,29,30,33)/t16-,19-,20+,24-,26?,40+/m1/s1/i13D2. The van der Waals surface area contributed by atoms with Crippen LogP contribution in [-0.4, -0.2) is 62.3 Å². The number of benzene rings is 1. The monoisotopic (exact) mass is 578 g/mol. The first kappa shape index (κ1) is 26.5. The molecule has 6 atom stereocenters. The molecule has 4 N–H and O–H groups in total. The summed E-state index contributed by atoms with van der Waals surface area (Å²) in [5.41, 5.74) is 1.77. The zero-order valence-electron chi connectivity index (χ0n) is 23.8. The van der Waals surface area contributed by atoms with Crippen LogP contribution in [0.2, 0.25) is 0 Å². The lowest BCUT2D eigenvalue weighted by Gasteiger charge is -2.24. The summed E-state index contributed by atoms with van der Waals surface area (Å²) in [6, 6.07) is 8.94. The third-order valence-electron chi connectivity index (χ3n) is 5.97. The van der Waals surface area contributed by atoms with Crippen LogP contribution in [0, 0.1) is 18.3 Å². The van der Waals surface area contributed by atoms with Gasteiger partial charge >= 0.3 is 13.6 Å². The molecule has 40 heavy (non-hydrogen) atoms. The van der Waals surface area contributed by atoms with Crippen molar-refractivity contribution in [3.63, 3.8) is 0 Å². The Morgan fingerprint density at radius 3 is 2.75 bits per heavy atom. The number of aliphatic hydroxyl groups excluding tert-OH is 1. The van der Waals surface area contributed by atoms with Crippen LogP contribution in [0.4, 0.5) is 10.3 Å². The molecule has 1 aromatic carbocycles. The summed E-state index contributed by atoms with van der Waals surface area (Å²) in [6.07, 6.45) is -0.918. The average Bonchev–Trinajstić information content (AvgIpc) is 3.42. The van der Waals surface area contributed by atoms with Crippen LogP contribution < -0.4 is 15.8 Å². The smallest absolute Gasteiger partial charge is 0.380 e. The van der Waals surface area contributed by atoms with Crippen molar-refractivity contribution in [1.82, 2.24) is 14.5 Å². The zero-order chi connectivity index (χ0) is 31.0. The van der Waals surface area contributed by atoms with Gasteiger partial charge in [0.25, 0.3) is 5.56 Å². The molecule has 1 unspecified atom stereocenters. The van der Waals surface area contributed by atoms with E-state index in [0.29, 0.717) is 0 Å². The maximum absolute atomic E-state index is 16.2. The molecule has 14 heteroatoms. The number of terminal acetylenes is 1. The van der Waals surface area contributed by atoms with Crippen LogP contribution in [0.5, 0.6) is 5.75 Å². The third kappa shape index (κ3) is 5.90. The molecule has 12 nitrogen and oxygen atoms in total. The molecule has 0 bridgehead atoms. The van der Waals surface area contributed by atoms with E-state index in [-0.39, 0.29) is 22.7 Å². The molecule has 214 valence electrons. The molecule has 0 aliphatic carbocycles. The normalized spacial score (nSPS) is 26.0. The van der Waals surface area contributed by atoms with Gasteiger partial charge in [-0.2, -0.15) is 4.98 Å². The summed E-state index contributed by atoms with van der Waals surface area (Å²) in [5.74, 6) is -0.278. The lowest BCUT2D eigenvalue weighted by molar-refractivity contribution is -0.151. The van der Waals surface area contributed by atoms with E-state index in [9.17, 15) is 19.3 Å². The number of para-hydroxylation sites is 1. The van der Waals surface area contributed by atoms with E-state index < -0.39 is 68.0 Å². The molecule has 1 aliphatic heterocycles. The summed E-state index contributed by atoms with van der Waals surface area (Å²) in [7, 11) is -4.60. The lowest BCUT2D eigenvalue weighted by Crippen LogP contribution is -2.42. The van der Waals surface area contributed by atoms with E-state index in [1.54, 1.807) is 38.0 Å². The first-order valence-corrected chi connectivity index (χ1v) is 13.9. The second-order valence-electron chi connectivity index (χ2n) is 9.47. The minimum absolute atomic E-state index is 0.00703. The summed E-state index contributed by atoms with van der Waals surface area (Å²) in [6.45, 7) is 1.43. The third-order valence-corrected chi connectivity index (χ3v) is 7.84. The van der Waals surface area contributed by atoms with Crippen molar-refractivity contribution in [2.24, 2.45) is 5.92 Å². The number of nitrogens with zero attached hydrogens (tertiary/aromatic N) is 2. The first-order valence-electron chi connectivity index (χ1n) is 13.2. The molecular weight excluding hydrogens is 546 g/mol. The van der Waals surface area contributed by atoms with Crippen LogP contribution in [0.3, 0.4) is 0 Å². The number of aromatic amines is 1. The molecule has 3 heterocycles. The van der Waals surface area contributed by atoms with Crippen LogP contribution >= 0.6 is 7.60 Å². The number of aromatic nitrogens is 3. The van der Waals surface area contributed by atoms with Gasteiger partial charge in [-0.3, -0.25) is 19.1 Å². The van der Waals surface area contributed by atoms with Crippen LogP contribution in [0.1, 0.15) is 29.7 Å². The Labute approximate surface area is 231 Å². The Balaban J connectivity index is 1.69. The van der Waals surface area contributed by atoms with E-state index in [2.05, 4.69) is 9.97 Å². The van der Waals surface area contributed by atoms with Crippen LogP contribution in [-0.2, 0) is 23.4 Å². The minimum atomic E-state index is -4.60. The number of ether oxygens (including phenoxy) is 2. The predicted octanol–water partition coefficient (Wildman–Crippen LogP) is 2.78. The fourth-order valence-corrected chi connectivity index (χ4v) is 5.78. The number of alkyl halides is 1. The number of esters is 1. The van der Waals surface area contributed by atoms with Crippen LogP contribution in [0.15, 0.2) is 47.4 Å². The molecule has 2 aromatic heterocycles. The highest BCUT2D eigenvalue weighted by molar-refractivity contribution is 7.54. The number of nitrogen functional groups attached to an aromatic ring is 1. The Kier molecular flexibility index (Phi) is 7.58. The van der Waals surface area contributed by atoms with E-state index in [1.807, 2.05) is 0 Å². The van der Waals surface area contributed by atoms with Gasteiger partial charge in [-0.15, -0.1) is 6.42 Å². The summed E-state index contributed by atoms with van der Waals surface area (Å²) < 4.78 is 70.1. The molecule has 0 radical (unpaired) electrons. The van der Waals surface area contributed by atoms with Gasteiger partial charge in [-0.05, 0) is 32.0 Å². The van der Waals surface area contributed by atoms with Gasteiger partial charge in [0, 0.05) is 6.20 Å². The second kappa shape index (κ2) is 11.4. The van der Waals surface area contributed by atoms with Gasteiger partial charge in [0.05, 0.1) is 32.9 Å². The van der Waals surface area contributed by atoms with Crippen molar-refractivity contribution < 1.29 is 40.1 Å². The van der Waals surface area contributed by atoms with Gasteiger partial charge in [0.2, 0.25) is 11.6 Å². The summed E-state index contributed by atoms with van der Waals surface area (Å²) >= 11 is 0. The Morgan fingerprint density at radius 1 is 1.40 bits per heavy atom. The average molecular weight is 579 g/mol. The van der Waals surface area contributed by atoms with Crippen LogP contribution in [0.25, 0.3) is 11.0 Å². The predicted molar refractivity (Wildman–Crippen MR) is 143 cm³/mol. The number of nitrogens with two attached hydrogens (primary N) is 1. The molecule has 0 amide bonds. The van der Waals surface area contributed by atoms with Gasteiger partial charge in [0.1, 0.15) is 18.0 Å². The number of anilines is 1. The van der Waals surface area contributed by atoms with E-state index in [4.69, 9.17) is 33.4 Å². The largest absolute Gasteiger partial charge is 0.463 e. The Hall–Kier alpha value is -3.69. The van der Waals surface area contributed by atoms with E-state index in [1.165, 1.54) is 31.3 Å². The first-order chi connectivity index (χ1) is 19.6. The number of halogens is 1. The summed E-state index contributed by atoms with van der Waals surface area (Å²) in [5, 5.41) is 10.9. The molecular formula is C26H30FN4O8P. The Morgan fingerprint density at radius 2 is 2.10 bits per heavy atom. The van der Waals surface area contributed by atoms with Crippen molar-refractivity contribution in [1.29, 1.82) is 0 Å². The van der Waals surface area contributed by atoms with E-state index in [0.717, 1.165) is 4.57 Å². The van der Waals surface area contributed by atoms with Gasteiger partial charge in [0.15, 0.2) is 11.9 Å². The maximum Gasteiger partial charge on any atom is 0.380 e. The maximum atomic E-state index is 16.2. The lowest BCUT2D eigenvalue weighted by atomic mass is 9.97. The van der Waals surface area contributed by atoms with Crippen molar-refractivity contribution in [3.05, 3.63) is 52.9 Å². The van der Waals surface area contributed by atoms with Crippen molar-refractivity contribution in [3.8, 4) is 18.1 Å². The molecule has 0 spiro atoms. The Bertz CT molecular complexity index is 1610. The number of rotatable bonds is 10. The summed E-state index contributed by atoms with van der Waals surface area (Å²) in [4.78, 5) is 31.0. The SMILES string of the molecule is [2H]C([2H])(O[P@@](=O)(C[C@@H](C)C(=O)OC(C)C)Oc1ccccc1)[C@H]1O[C@@H](n2ccc3c(=O)[nH]c(N)nc32)C(F)(C#C)[C@H]1O. The number of carbonyl (C=O) groups excluding carboxylic acids is 1. The number of hydrogen-bond donors (Lipinski definition) is 3. The molecule has 3 aromatic rings. The zero-order valence-corrected chi connectivity index (χ0v) is 22.7. The van der Waals surface area contributed by atoms with Gasteiger partial charge in [-0.25, -0.2) is 8.96 Å². The number of H-pyrrole nitrogens is 1. The number of nitrogens with one attached hydrogen (secondary N) is 1. The number of aliphatic hydroxyl groups is 1. The number of carbonyl (C=O) groups is 1. The van der Waals surface area contributed by atoms with Crippen molar-refractivity contribution >= 4 is 30.5 Å². The van der Waals surface area contributed by atoms with Crippen molar-refractivity contribution in [2.45, 2.75) is 51.0 Å². The van der Waals surface area contributed by atoms with Gasteiger partial charge in [-0.1, -0.05) is 31.0 Å². The molecule has 1 saturated heterocycles. The molecule has 1 aliphatic rings. The molecule has 0 saturated carbocycles. The fourth-order valence-electron chi connectivity index (χ4n) is 4.07. The van der Waals surface area contributed by atoms with E-state index >= 15 is 4.39 Å². The fraction of sp³-hybridized carbons (Fsp3) is 0.423. The minimum Gasteiger partial charge on any atom is -0.463 e. The highest BCUT2D eigenvalue weighted by Crippen LogP contribution is 2.51. The molecule has 1 fully saturated rings. The quantitative estimate of drug-likeness (QED) is 0.185. The second-order valence-corrected chi connectivity index (χ2v) is 11.4. The number of hydrogen-bond acceptors (Lipinski definition) is 10. The highest BCUT2D eigenvalue weighted by atomic mass is 31.2. The molecule has 4 rings (SSSR count). The highest BCUT2D eigenvalue weighted by Gasteiger charge is 2.58. The number of fused-ring (bicyclic) bond motifs is 1.